The van der Waals surface area contributed by atoms with Crippen LogP contribution in [0.2, 0.25) is 0 Å². The lowest BCUT2D eigenvalue weighted by Gasteiger charge is -2.38. The molecule has 10 amide bonds. The highest BCUT2D eigenvalue weighted by Gasteiger charge is 2.46. The Labute approximate surface area is 587 Å². The van der Waals surface area contributed by atoms with Crippen LogP contribution in [0, 0.1) is 0 Å². The third-order valence-electron chi connectivity index (χ3n) is 19.0. The summed E-state index contributed by atoms with van der Waals surface area (Å²) in [5.74, 6) is -3.77. The van der Waals surface area contributed by atoms with E-state index in [4.69, 9.17) is 15.2 Å². The van der Waals surface area contributed by atoms with Crippen LogP contribution in [0.15, 0.2) is 121 Å². The quantitative estimate of drug-likeness (QED) is 0.104. The molecule has 2 unspecified atom stereocenters. The molecule has 6 aromatic rings. The Morgan fingerprint density at radius 3 is 1.95 bits per heavy atom. The monoisotopic (exact) mass is 1390 g/mol. The van der Waals surface area contributed by atoms with Crippen molar-refractivity contribution < 1.29 is 57.4 Å². The van der Waals surface area contributed by atoms with Crippen molar-refractivity contribution in [2.24, 2.45) is 12.8 Å². The molecule has 3 aliphatic rings. The Bertz CT molecular complexity index is 3910. The molecule has 528 valence electrons. The van der Waals surface area contributed by atoms with E-state index in [-0.39, 0.29) is 63.3 Å². The third-order valence-corrected chi connectivity index (χ3v) is 21.2. The van der Waals surface area contributed by atoms with Gasteiger partial charge in [-0.05, 0) is 95.8 Å². The van der Waals surface area contributed by atoms with Crippen molar-refractivity contribution in [1.29, 1.82) is 0 Å². The van der Waals surface area contributed by atoms with E-state index >= 15 is 24.0 Å². The second-order valence-corrected chi connectivity index (χ2v) is 28.1. The summed E-state index contributed by atoms with van der Waals surface area (Å²) < 4.78 is 13.2. The van der Waals surface area contributed by atoms with E-state index in [1.165, 1.54) is 71.6 Å². The maximum atomic E-state index is 15.9. The number of aryl methyl sites for hydroxylation is 1. The molecule has 0 aliphatic carbocycles. The number of hydrogen-bond acceptors (Lipinski definition) is 14. The molecule has 4 heterocycles. The number of aromatic nitrogens is 1. The molecule has 99 heavy (non-hydrogen) atoms. The smallest absolute Gasteiger partial charge is 0.246 e. The fourth-order valence-electron chi connectivity index (χ4n) is 13.6. The van der Waals surface area contributed by atoms with Crippen LogP contribution >= 0.6 is 23.5 Å². The van der Waals surface area contributed by atoms with Crippen LogP contribution in [0.5, 0.6) is 5.75 Å². The van der Waals surface area contributed by atoms with Gasteiger partial charge in [-0.3, -0.25) is 47.9 Å². The summed E-state index contributed by atoms with van der Waals surface area (Å²) in [5.41, 5.74) is 10.8. The van der Waals surface area contributed by atoms with Crippen LogP contribution in [-0.2, 0) is 90.5 Å². The number of carbonyl (C=O) groups excluding carboxylic acids is 10. The first-order valence-electron chi connectivity index (χ1n) is 33.8. The Morgan fingerprint density at radius 2 is 1.25 bits per heavy atom. The average molecular weight is 1390 g/mol. The van der Waals surface area contributed by atoms with Crippen molar-refractivity contribution in [1.82, 2.24) is 50.3 Å². The number of carbonyl (C=O) groups is 10. The Hall–Kier alpha value is -8.94. The van der Waals surface area contributed by atoms with Crippen LogP contribution in [0.4, 0.5) is 0 Å². The Balaban J connectivity index is 1.06. The summed E-state index contributed by atoms with van der Waals surface area (Å²) in [6.45, 7) is 3.30. The van der Waals surface area contributed by atoms with Gasteiger partial charge in [0.25, 0.3) is 0 Å². The number of nitrogens with one attached hydrogen (secondary N) is 4. The molecule has 0 saturated carbocycles. The van der Waals surface area contributed by atoms with Gasteiger partial charge in [-0.25, -0.2) is 0 Å². The molecule has 23 nitrogen and oxygen atoms in total. The van der Waals surface area contributed by atoms with Gasteiger partial charge in [0, 0.05) is 114 Å². The van der Waals surface area contributed by atoms with E-state index < -0.39 is 114 Å². The van der Waals surface area contributed by atoms with Gasteiger partial charge in [0.05, 0.1) is 19.8 Å². The molecule has 9 atom stereocenters. The molecule has 0 spiro atoms. The summed E-state index contributed by atoms with van der Waals surface area (Å²) in [6.07, 6.45) is 3.09. The summed E-state index contributed by atoms with van der Waals surface area (Å²) in [5, 5.41) is 14.3. The first-order chi connectivity index (χ1) is 47.6. The number of nitrogens with zero attached hydrogens (tertiary/aromatic N) is 6. The topological polar surface area (TPSA) is 284 Å². The molecule has 9 rings (SSSR count). The number of amides is 10. The Morgan fingerprint density at radius 1 is 0.616 bits per heavy atom. The molecule has 6 N–H and O–H groups in total. The van der Waals surface area contributed by atoms with Crippen LogP contribution in [0.25, 0.3) is 21.7 Å². The van der Waals surface area contributed by atoms with E-state index in [0.29, 0.717) is 59.8 Å². The lowest BCUT2D eigenvalue weighted by atomic mass is 9.98. The predicted molar refractivity (Wildman–Crippen MR) is 383 cm³/mol. The standard InChI is InChI=1S/C74H93N11O12S2/c1-9-17-56-70(91)81(4)42-65(87)77-57(39-48-26-29-51-20-10-11-21-52(51)37-48)71(92)82(5)63(40-53-41-80(3)60-23-13-12-22-55(53)60)74(95)85-34-16-25-62(85)73(94)83(6)66(46(2)96-7)69(90)78-58(38-47-27-30-54(97-8)31-28-47)72(93)84-33-15-24-61(84)68(89)79-59(67(75)88)45-99-44-50-19-14-18-49(36-50)43-98-35-32-64(86)76-56/h10-14,18-23,26-31,36-37,41,46,56-59,61-63,66H,9,15-17,24-25,32-35,38-40,42-45H2,1-8H3,(H2,75,88)(H,76,86)(H,77,87)(H,78,90)(H,79,89)/t46-,56?,57+,58+,59+,61+,62+,63+,66?/m1/s1. The highest BCUT2D eigenvalue weighted by atomic mass is 32.2. The maximum absolute atomic E-state index is 15.9. The van der Waals surface area contributed by atoms with E-state index in [1.54, 1.807) is 43.0 Å². The average Bonchev–Trinajstić information content (AvgIpc) is 1.71. The number of primary amides is 1. The summed E-state index contributed by atoms with van der Waals surface area (Å²) in [4.78, 5) is 154. The number of rotatable bonds is 12. The number of likely N-dealkylation sites (N-methyl/N-ethyl adjacent to an activating group) is 3. The number of ether oxygens (including phenoxy) is 2. The highest BCUT2D eigenvalue weighted by molar-refractivity contribution is 7.98. The highest BCUT2D eigenvalue weighted by Crippen LogP contribution is 2.30. The van der Waals surface area contributed by atoms with Gasteiger partial charge in [0.1, 0.15) is 54.1 Å². The summed E-state index contributed by atoms with van der Waals surface area (Å²) in [7, 11) is 9.22. The summed E-state index contributed by atoms with van der Waals surface area (Å²) >= 11 is 2.94. The first-order valence-corrected chi connectivity index (χ1v) is 36.2. The molecular formula is C74H93N11O12S2. The molecule has 5 aromatic carbocycles. The maximum Gasteiger partial charge on any atom is 0.246 e. The number of thioether (sulfide) groups is 2. The zero-order chi connectivity index (χ0) is 71.0. The van der Waals surface area contributed by atoms with Crippen molar-refractivity contribution in [3.8, 4) is 5.75 Å². The molecular weight excluding hydrogens is 1300 g/mol. The van der Waals surface area contributed by atoms with Crippen LogP contribution in [-0.4, -0.2) is 209 Å². The largest absolute Gasteiger partial charge is 0.497 e. The van der Waals surface area contributed by atoms with Crippen molar-refractivity contribution in [2.75, 3.05) is 66.5 Å². The number of para-hydroxylation sites is 1. The van der Waals surface area contributed by atoms with Gasteiger partial charge in [-0.2, -0.15) is 23.5 Å². The van der Waals surface area contributed by atoms with Crippen molar-refractivity contribution in [2.45, 2.75) is 144 Å². The molecule has 1 aromatic heterocycles. The van der Waals surface area contributed by atoms with E-state index in [1.807, 2.05) is 116 Å². The predicted octanol–water partition coefficient (Wildman–Crippen LogP) is 5.29. The molecule has 3 aliphatic heterocycles. The molecule has 2 saturated heterocycles. The lowest BCUT2D eigenvalue weighted by molar-refractivity contribution is -0.153. The second-order valence-electron chi connectivity index (χ2n) is 26.0. The number of fused-ring (bicyclic) bond motifs is 6. The number of methoxy groups -OCH3 is 2. The van der Waals surface area contributed by atoms with Gasteiger partial charge in [-0.15, -0.1) is 0 Å². The number of nitrogens with two attached hydrogens (primary N) is 1. The SMILES string of the molecule is CCCC1NC(=O)CCSCc2cccc(c2)CSC[C@@H](C(N)=O)NC(=O)[C@@H]2CCCN2C(=O)[C@H](Cc2ccc(OC)cc2)NC(=O)C([C@@H](C)OC)N(C)C(=O)[C@@H]2CCCN2C(=O)[C@H](Cc2cn(C)c3ccccc23)N(C)C(=O)[C@H](Cc2ccc3ccccc3c2)NC(=O)CN(C)C1=O. The fourth-order valence-corrected chi connectivity index (χ4v) is 15.5. The first kappa shape index (κ1) is 74.3. The number of hydrogen-bond donors (Lipinski definition) is 5. The fraction of sp³-hybridized carbons (Fsp3) is 0.459. The molecule has 25 heteroatoms. The molecule has 2 fully saturated rings. The van der Waals surface area contributed by atoms with E-state index in [2.05, 4.69) is 21.3 Å². The minimum atomic E-state index is -1.39. The van der Waals surface area contributed by atoms with E-state index in [9.17, 15) is 24.0 Å². The van der Waals surface area contributed by atoms with Crippen LogP contribution in [0.1, 0.15) is 86.6 Å². The zero-order valence-electron chi connectivity index (χ0n) is 57.7. The van der Waals surface area contributed by atoms with Crippen LogP contribution < -0.4 is 31.7 Å². The van der Waals surface area contributed by atoms with Crippen molar-refractivity contribution >= 4 is 104 Å². The number of benzene rings is 5. The minimum Gasteiger partial charge on any atom is -0.497 e. The molecule has 2 bridgehead atoms. The van der Waals surface area contributed by atoms with Crippen LogP contribution in [0.3, 0.4) is 0 Å². The van der Waals surface area contributed by atoms with Crippen molar-refractivity contribution in [3.63, 3.8) is 0 Å². The Kier molecular flexibility index (Phi) is 26.0. The van der Waals surface area contributed by atoms with Crippen molar-refractivity contribution in [3.05, 3.63) is 149 Å². The third kappa shape index (κ3) is 18.7. The lowest BCUT2D eigenvalue weighted by Crippen LogP contribution is -2.62. The van der Waals surface area contributed by atoms with Gasteiger partial charge < -0.3 is 65.5 Å². The zero-order valence-corrected chi connectivity index (χ0v) is 59.4. The van der Waals surface area contributed by atoms with Gasteiger partial charge >= 0.3 is 0 Å². The summed E-state index contributed by atoms with van der Waals surface area (Å²) in [6, 6.07) is 26.5. The minimum absolute atomic E-state index is 0.0136. The van der Waals surface area contributed by atoms with E-state index in [0.717, 1.165) is 38.4 Å². The molecule has 0 radical (unpaired) electrons. The second kappa shape index (κ2) is 34.7. The van der Waals surface area contributed by atoms with Gasteiger partial charge in [0.2, 0.25) is 59.1 Å². The normalized spacial score (nSPS) is 23.5. The van der Waals surface area contributed by atoms with Gasteiger partial charge in [-0.1, -0.05) is 110 Å². The van der Waals surface area contributed by atoms with Gasteiger partial charge in [0.15, 0.2) is 0 Å².